The quantitative estimate of drug-likeness (QED) is 0.670. The van der Waals surface area contributed by atoms with E-state index in [0.717, 1.165) is 32.6 Å². The van der Waals surface area contributed by atoms with E-state index in [9.17, 15) is 15.3 Å². The Kier molecular flexibility index (Phi) is 7.06. The minimum atomic E-state index is -0.103. The van der Waals surface area contributed by atoms with E-state index in [2.05, 4.69) is 10.2 Å². The standard InChI is InChI=1S/C15H22N2O3.2ClH/c18-11-8-13(19)15(14(20)9-11)12(7-10-1-2-10)17-5-3-16-4-6-17;;/h8-10,12,16,18-20H,1-7H2;2*1H/t12-;;/m1../s1. The second kappa shape index (κ2) is 8.11. The molecule has 5 nitrogen and oxygen atoms in total. The molecular weight excluding hydrogens is 327 g/mol. The maximum absolute atomic E-state index is 10.1. The summed E-state index contributed by atoms with van der Waals surface area (Å²) in [7, 11) is 0. The van der Waals surface area contributed by atoms with Crippen LogP contribution in [0, 0.1) is 5.92 Å². The summed E-state index contributed by atoms with van der Waals surface area (Å²) in [4.78, 5) is 2.32. The van der Waals surface area contributed by atoms with Gasteiger partial charge in [-0.3, -0.25) is 4.90 Å². The average molecular weight is 351 g/mol. The normalized spacial score (nSPS) is 19.8. The van der Waals surface area contributed by atoms with E-state index in [0.29, 0.717) is 11.5 Å². The van der Waals surface area contributed by atoms with E-state index in [-0.39, 0.29) is 48.1 Å². The first-order chi connectivity index (χ1) is 9.65. The summed E-state index contributed by atoms with van der Waals surface area (Å²) in [5, 5.41) is 33.1. The van der Waals surface area contributed by atoms with Crippen LogP contribution in [0.25, 0.3) is 0 Å². The van der Waals surface area contributed by atoms with Gasteiger partial charge in [-0.05, 0) is 12.3 Å². The van der Waals surface area contributed by atoms with Gasteiger partial charge >= 0.3 is 0 Å². The molecule has 1 aliphatic carbocycles. The number of aromatic hydroxyl groups is 3. The number of nitrogens with zero attached hydrogens (tertiary/aromatic N) is 1. The molecule has 0 radical (unpaired) electrons. The zero-order chi connectivity index (χ0) is 14.1. The Labute approximate surface area is 143 Å². The summed E-state index contributed by atoms with van der Waals surface area (Å²) in [6.45, 7) is 3.69. The SMILES string of the molecule is Cl.Cl.Oc1cc(O)c([C@@H](CC2CC2)N2CCNCC2)c(O)c1. The Bertz CT molecular complexity index is 469. The van der Waals surface area contributed by atoms with Crippen LogP contribution in [0.4, 0.5) is 0 Å². The Morgan fingerprint density at radius 3 is 2.09 bits per heavy atom. The highest BCUT2D eigenvalue weighted by Gasteiger charge is 2.33. The zero-order valence-corrected chi connectivity index (χ0v) is 14.0. The molecule has 22 heavy (non-hydrogen) atoms. The predicted molar refractivity (Wildman–Crippen MR) is 90.5 cm³/mol. The Morgan fingerprint density at radius 2 is 1.59 bits per heavy atom. The number of phenols is 3. The third-order valence-corrected chi connectivity index (χ3v) is 4.30. The molecule has 0 spiro atoms. The zero-order valence-electron chi connectivity index (χ0n) is 12.4. The molecule has 1 saturated heterocycles. The highest BCUT2D eigenvalue weighted by Crippen LogP contribution is 2.46. The maximum Gasteiger partial charge on any atom is 0.127 e. The lowest BCUT2D eigenvalue weighted by atomic mass is 9.96. The predicted octanol–water partition coefficient (Wildman–Crippen LogP) is 2.39. The maximum atomic E-state index is 10.1. The van der Waals surface area contributed by atoms with Crippen LogP contribution in [0.1, 0.15) is 30.9 Å². The number of rotatable bonds is 4. The molecule has 0 unspecified atom stereocenters. The van der Waals surface area contributed by atoms with Crippen molar-refractivity contribution in [3.63, 3.8) is 0 Å². The number of phenolic OH excluding ortho intramolecular Hbond substituents is 3. The number of hydrogen-bond acceptors (Lipinski definition) is 5. The molecule has 7 heteroatoms. The second-order valence-electron chi connectivity index (χ2n) is 5.88. The summed E-state index contributed by atoms with van der Waals surface area (Å²) < 4.78 is 0. The fourth-order valence-electron chi connectivity index (χ4n) is 3.06. The second-order valence-corrected chi connectivity index (χ2v) is 5.88. The monoisotopic (exact) mass is 350 g/mol. The average Bonchev–Trinajstić information content (AvgIpc) is 3.21. The molecule has 1 saturated carbocycles. The van der Waals surface area contributed by atoms with E-state index < -0.39 is 0 Å². The van der Waals surface area contributed by atoms with Crippen molar-refractivity contribution in [1.82, 2.24) is 10.2 Å². The van der Waals surface area contributed by atoms with Crippen LogP contribution in [0.15, 0.2) is 12.1 Å². The molecular formula is C15H24Cl2N2O3. The number of benzene rings is 1. The molecule has 1 heterocycles. The summed E-state index contributed by atoms with van der Waals surface area (Å²) >= 11 is 0. The van der Waals surface area contributed by atoms with Gasteiger partial charge in [0.25, 0.3) is 0 Å². The molecule has 1 atom stereocenters. The molecule has 2 fully saturated rings. The fraction of sp³-hybridized carbons (Fsp3) is 0.600. The van der Waals surface area contributed by atoms with Crippen molar-refractivity contribution in [2.45, 2.75) is 25.3 Å². The van der Waals surface area contributed by atoms with Crippen molar-refractivity contribution in [3.8, 4) is 17.2 Å². The molecule has 1 aliphatic heterocycles. The van der Waals surface area contributed by atoms with Crippen LogP contribution in [-0.2, 0) is 0 Å². The van der Waals surface area contributed by atoms with Crippen LogP contribution in [0.5, 0.6) is 17.2 Å². The molecule has 0 bridgehead atoms. The van der Waals surface area contributed by atoms with Crippen molar-refractivity contribution in [2.75, 3.05) is 26.2 Å². The first kappa shape index (κ1) is 19.2. The van der Waals surface area contributed by atoms with Gasteiger partial charge in [0.15, 0.2) is 0 Å². The van der Waals surface area contributed by atoms with E-state index in [1.165, 1.54) is 25.0 Å². The van der Waals surface area contributed by atoms with Gasteiger partial charge < -0.3 is 20.6 Å². The van der Waals surface area contributed by atoms with Crippen LogP contribution < -0.4 is 5.32 Å². The number of hydrogen-bond donors (Lipinski definition) is 4. The van der Waals surface area contributed by atoms with E-state index in [1.807, 2.05) is 0 Å². The van der Waals surface area contributed by atoms with Crippen molar-refractivity contribution in [1.29, 1.82) is 0 Å². The van der Waals surface area contributed by atoms with Gasteiger partial charge in [0.05, 0.1) is 5.56 Å². The van der Waals surface area contributed by atoms with Crippen molar-refractivity contribution >= 4 is 24.8 Å². The molecule has 1 aromatic carbocycles. The summed E-state index contributed by atoms with van der Waals surface area (Å²) in [6.07, 6.45) is 3.44. The summed E-state index contributed by atoms with van der Waals surface area (Å²) in [6, 6.07) is 2.67. The van der Waals surface area contributed by atoms with Crippen LogP contribution in [0.3, 0.4) is 0 Å². The van der Waals surface area contributed by atoms with Gasteiger partial charge in [-0.15, -0.1) is 24.8 Å². The largest absolute Gasteiger partial charge is 0.508 e. The first-order valence-electron chi connectivity index (χ1n) is 7.34. The lowest BCUT2D eigenvalue weighted by Crippen LogP contribution is -2.45. The molecule has 126 valence electrons. The number of halogens is 2. The minimum absolute atomic E-state index is 0. The van der Waals surface area contributed by atoms with E-state index in [4.69, 9.17) is 0 Å². The Morgan fingerprint density at radius 1 is 1.05 bits per heavy atom. The number of nitrogens with one attached hydrogen (secondary N) is 1. The van der Waals surface area contributed by atoms with E-state index in [1.54, 1.807) is 0 Å². The first-order valence-corrected chi connectivity index (χ1v) is 7.34. The summed E-state index contributed by atoms with van der Waals surface area (Å²) in [5.74, 6) is 0.579. The molecule has 2 aliphatic rings. The van der Waals surface area contributed by atoms with Crippen molar-refractivity contribution in [2.24, 2.45) is 5.92 Å². The molecule has 0 aromatic heterocycles. The third-order valence-electron chi connectivity index (χ3n) is 4.30. The van der Waals surface area contributed by atoms with Gasteiger partial charge in [0, 0.05) is 44.4 Å². The van der Waals surface area contributed by atoms with Gasteiger partial charge in [-0.1, -0.05) is 12.8 Å². The Balaban J connectivity index is 0.00000121. The van der Waals surface area contributed by atoms with Crippen LogP contribution in [-0.4, -0.2) is 46.4 Å². The van der Waals surface area contributed by atoms with Crippen LogP contribution in [0.2, 0.25) is 0 Å². The minimum Gasteiger partial charge on any atom is -0.508 e. The Hall–Kier alpha value is -0.880. The molecule has 3 rings (SSSR count). The van der Waals surface area contributed by atoms with E-state index >= 15 is 0 Å². The topological polar surface area (TPSA) is 76.0 Å². The van der Waals surface area contributed by atoms with Gasteiger partial charge in [0.2, 0.25) is 0 Å². The van der Waals surface area contributed by atoms with Gasteiger partial charge in [-0.25, -0.2) is 0 Å². The highest BCUT2D eigenvalue weighted by molar-refractivity contribution is 5.85. The van der Waals surface area contributed by atoms with Crippen LogP contribution >= 0.6 is 24.8 Å². The number of piperazine rings is 1. The highest BCUT2D eigenvalue weighted by atomic mass is 35.5. The van der Waals surface area contributed by atoms with Gasteiger partial charge in [0.1, 0.15) is 17.2 Å². The molecule has 4 N–H and O–H groups in total. The smallest absolute Gasteiger partial charge is 0.127 e. The van der Waals surface area contributed by atoms with Gasteiger partial charge in [-0.2, -0.15) is 0 Å². The van der Waals surface area contributed by atoms with Crippen molar-refractivity contribution < 1.29 is 15.3 Å². The lowest BCUT2D eigenvalue weighted by Gasteiger charge is -2.36. The van der Waals surface area contributed by atoms with Crippen molar-refractivity contribution in [3.05, 3.63) is 17.7 Å². The lowest BCUT2D eigenvalue weighted by molar-refractivity contribution is 0.155. The summed E-state index contributed by atoms with van der Waals surface area (Å²) in [5.41, 5.74) is 0.566. The third kappa shape index (κ3) is 4.32. The fourth-order valence-corrected chi connectivity index (χ4v) is 3.06. The molecule has 1 aromatic rings. The molecule has 0 amide bonds.